The minimum Gasteiger partial charge on any atom is -0.389 e. The standard InChI is InChI=1S/C16H19N3S2/c1-3-19(11-12-7-9-18-10-8-12)13-5-4-6-14(21-2)15(13)16(17)20/h4-10H,3,11H2,1-2H3,(H2,17,20). The highest BCUT2D eigenvalue weighted by Gasteiger charge is 2.15. The van der Waals surface area contributed by atoms with E-state index in [1.165, 1.54) is 5.56 Å². The van der Waals surface area contributed by atoms with E-state index >= 15 is 0 Å². The highest BCUT2D eigenvalue weighted by Crippen LogP contribution is 2.30. The fourth-order valence-electron chi connectivity index (χ4n) is 2.28. The quantitative estimate of drug-likeness (QED) is 0.653. The maximum absolute atomic E-state index is 5.96. The summed E-state index contributed by atoms with van der Waals surface area (Å²) in [4.78, 5) is 7.91. The molecule has 3 nitrogen and oxygen atoms in total. The lowest BCUT2D eigenvalue weighted by Gasteiger charge is -2.26. The molecule has 0 unspecified atom stereocenters. The van der Waals surface area contributed by atoms with Crippen molar-refractivity contribution in [2.24, 2.45) is 5.73 Å². The van der Waals surface area contributed by atoms with Gasteiger partial charge in [-0.25, -0.2) is 0 Å². The number of rotatable bonds is 6. The molecule has 0 saturated heterocycles. The molecule has 0 fully saturated rings. The molecule has 0 amide bonds. The lowest BCUT2D eigenvalue weighted by molar-refractivity contribution is 0.827. The van der Waals surface area contributed by atoms with Crippen LogP contribution in [0.3, 0.4) is 0 Å². The zero-order chi connectivity index (χ0) is 15.2. The number of hydrogen-bond acceptors (Lipinski definition) is 4. The number of aromatic nitrogens is 1. The predicted molar refractivity (Wildman–Crippen MR) is 95.1 cm³/mol. The Bertz CT molecular complexity index is 614. The van der Waals surface area contributed by atoms with E-state index in [9.17, 15) is 0 Å². The van der Waals surface area contributed by atoms with Crippen LogP contribution in [0.2, 0.25) is 0 Å². The van der Waals surface area contributed by atoms with Crippen LogP contribution >= 0.6 is 24.0 Å². The Morgan fingerprint density at radius 2 is 2.00 bits per heavy atom. The number of benzene rings is 1. The molecule has 0 radical (unpaired) electrons. The van der Waals surface area contributed by atoms with Crippen molar-refractivity contribution in [1.82, 2.24) is 4.98 Å². The lowest BCUT2D eigenvalue weighted by Crippen LogP contribution is -2.26. The minimum atomic E-state index is 0.447. The molecule has 1 aromatic heterocycles. The number of thioether (sulfide) groups is 1. The molecule has 0 spiro atoms. The third-order valence-corrected chi connectivity index (χ3v) is 4.30. The Labute approximate surface area is 135 Å². The Morgan fingerprint density at radius 3 is 2.57 bits per heavy atom. The number of hydrogen-bond donors (Lipinski definition) is 1. The fourth-order valence-corrected chi connectivity index (χ4v) is 3.19. The molecule has 2 aromatic rings. The largest absolute Gasteiger partial charge is 0.389 e. The smallest absolute Gasteiger partial charge is 0.107 e. The van der Waals surface area contributed by atoms with Gasteiger partial charge >= 0.3 is 0 Å². The minimum absolute atomic E-state index is 0.447. The maximum Gasteiger partial charge on any atom is 0.107 e. The van der Waals surface area contributed by atoms with Crippen molar-refractivity contribution in [3.63, 3.8) is 0 Å². The topological polar surface area (TPSA) is 42.2 Å². The summed E-state index contributed by atoms with van der Waals surface area (Å²) in [6, 6.07) is 10.3. The van der Waals surface area contributed by atoms with Crippen LogP contribution in [-0.4, -0.2) is 22.8 Å². The normalized spacial score (nSPS) is 10.4. The highest BCUT2D eigenvalue weighted by atomic mass is 32.2. The van der Waals surface area contributed by atoms with Gasteiger partial charge < -0.3 is 10.6 Å². The Balaban J connectivity index is 2.40. The first-order valence-electron chi connectivity index (χ1n) is 6.78. The maximum atomic E-state index is 5.96. The molecule has 1 heterocycles. The van der Waals surface area contributed by atoms with E-state index in [0.717, 1.165) is 29.2 Å². The van der Waals surface area contributed by atoms with E-state index < -0.39 is 0 Å². The Kier molecular flexibility index (Phi) is 5.59. The molecule has 21 heavy (non-hydrogen) atoms. The second-order valence-electron chi connectivity index (χ2n) is 4.59. The molecule has 0 aliphatic rings. The van der Waals surface area contributed by atoms with E-state index in [1.807, 2.05) is 30.8 Å². The third-order valence-electron chi connectivity index (χ3n) is 3.32. The number of anilines is 1. The summed E-state index contributed by atoms with van der Waals surface area (Å²) >= 11 is 6.93. The molecule has 0 aliphatic carbocycles. The molecule has 110 valence electrons. The molecule has 2 rings (SSSR count). The van der Waals surface area contributed by atoms with Crippen LogP contribution in [-0.2, 0) is 6.54 Å². The van der Waals surface area contributed by atoms with Crippen LogP contribution in [0.4, 0.5) is 5.69 Å². The summed E-state index contributed by atoms with van der Waals surface area (Å²) in [5, 5.41) is 0. The molecule has 1 aromatic carbocycles. The van der Waals surface area contributed by atoms with Gasteiger partial charge in [0.05, 0.1) is 0 Å². The van der Waals surface area contributed by atoms with Crippen LogP contribution in [0.25, 0.3) is 0 Å². The number of thiocarbonyl (C=S) groups is 1. The van der Waals surface area contributed by atoms with Crippen LogP contribution in [0.5, 0.6) is 0 Å². The SMILES string of the molecule is CCN(Cc1ccncc1)c1cccc(SC)c1C(N)=S. The number of nitrogens with zero attached hydrogens (tertiary/aromatic N) is 2. The van der Waals surface area contributed by atoms with Gasteiger partial charge in [-0.1, -0.05) is 18.3 Å². The van der Waals surface area contributed by atoms with Gasteiger partial charge in [0.2, 0.25) is 0 Å². The van der Waals surface area contributed by atoms with Gasteiger partial charge in [-0.05, 0) is 43.0 Å². The third kappa shape index (κ3) is 3.74. The van der Waals surface area contributed by atoms with Crippen LogP contribution in [0.1, 0.15) is 18.1 Å². The van der Waals surface area contributed by atoms with Gasteiger partial charge in [-0.15, -0.1) is 11.8 Å². The van der Waals surface area contributed by atoms with Crippen LogP contribution < -0.4 is 10.6 Å². The number of nitrogens with two attached hydrogens (primary N) is 1. The van der Waals surface area contributed by atoms with Crippen LogP contribution in [0.15, 0.2) is 47.6 Å². The summed E-state index contributed by atoms with van der Waals surface area (Å²) in [7, 11) is 0. The van der Waals surface area contributed by atoms with E-state index in [1.54, 1.807) is 11.8 Å². The van der Waals surface area contributed by atoms with E-state index in [-0.39, 0.29) is 0 Å². The fraction of sp³-hybridized carbons (Fsp3) is 0.250. The summed E-state index contributed by atoms with van der Waals surface area (Å²) in [6.45, 7) is 3.83. The van der Waals surface area contributed by atoms with Crippen LogP contribution in [0, 0.1) is 0 Å². The second-order valence-corrected chi connectivity index (χ2v) is 5.88. The van der Waals surface area contributed by atoms with Crippen molar-refractivity contribution in [2.75, 3.05) is 17.7 Å². The average molecular weight is 317 g/mol. The monoisotopic (exact) mass is 317 g/mol. The first-order valence-corrected chi connectivity index (χ1v) is 8.41. The van der Waals surface area contributed by atoms with Crippen molar-refractivity contribution < 1.29 is 0 Å². The summed E-state index contributed by atoms with van der Waals surface area (Å²) in [6.07, 6.45) is 5.67. The molecule has 0 aliphatic heterocycles. The summed E-state index contributed by atoms with van der Waals surface area (Å²) in [5.74, 6) is 0. The summed E-state index contributed by atoms with van der Waals surface area (Å²) < 4.78 is 0. The van der Waals surface area contributed by atoms with E-state index in [4.69, 9.17) is 18.0 Å². The van der Waals surface area contributed by atoms with Crippen molar-refractivity contribution in [3.8, 4) is 0 Å². The molecule has 0 saturated carbocycles. The first-order chi connectivity index (χ1) is 10.2. The molecule has 0 bridgehead atoms. The summed E-state index contributed by atoms with van der Waals surface area (Å²) in [5.41, 5.74) is 9.24. The van der Waals surface area contributed by atoms with Gasteiger partial charge in [0.15, 0.2) is 0 Å². The Hall–Kier alpha value is -1.59. The number of pyridine rings is 1. The van der Waals surface area contributed by atoms with E-state index in [0.29, 0.717) is 4.99 Å². The highest BCUT2D eigenvalue weighted by molar-refractivity contribution is 7.98. The van der Waals surface area contributed by atoms with Gasteiger partial charge in [-0.2, -0.15) is 0 Å². The van der Waals surface area contributed by atoms with Crippen molar-refractivity contribution in [2.45, 2.75) is 18.4 Å². The molecule has 5 heteroatoms. The molecule has 2 N–H and O–H groups in total. The average Bonchev–Trinajstić information content (AvgIpc) is 2.52. The first kappa shape index (κ1) is 15.8. The van der Waals surface area contributed by atoms with Gasteiger partial charge in [0.1, 0.15) is 4.99 Å². The lowest BCUT2D eigenvalue weighted by atomic mass is 10.1. The molecule has 0 atom stereocenters. The van der Waals surface area contributed by atoms with Gasteiger partial charge in [-0.3, -0.25) is 4.98 Å². The van der Waals surface area contributed by atoms with Gasteiger partial charge in [0.25, 0.3) is 0 Å². The molecular formula is C16H19N3S2. The Morgan fingerprint density at radius 1 is 1.29 bits per heavy atom. The predicted octanol–water partition coefficient (Wildman–Crippen LogP) is 3.46. The van der Waals surface area contributed by atoms with Crippen molar-refractivity contribution >= 4 is 34.7 Å². The second kappa shape index (κ2) is 7.43. The van der Waals surface area contributed by atoms with E-state index in [2.05, 4.69) is 35.0 Å². The van der Waals surface area contributed by atoms with Crippen molar-refractivity contribution in [3.05, 3.63) is 53.9 Å². The van der Waals surface area contributed by atoms with Gasteiger partial charge in [0, 0.05) is 41.6 Å². The zero-order valence-corrected chi connectivity index (χ0v) is 13.9. The zero-order valence-electron chi connectivity index (χ0n) is 12.2. The van der Waals surface area contributed by atoms with Crippen molar-refractivity contribution in [1.29, 1.82) is 0 Å². The molecular weight excluding hydrogens is 298 g/mol.